The molecule has 1 aromatic heterocycles. The van der Waals surface area contributed by atoms with Crippen LogP contribution in [0.1, 0.15) is 11.3 Å². The maximum Gasteiger partial charge on any atom is 0.433 e. The number of nitro groups is 1. The molecule has 1 heterocycles. The minimum absolute atomic E-state index is 0.250. The van der Waals surface area contributed by atoms with Crippen molar-refractivity contribution in [1.82, 2.24) is 0 Å². The largest absolute Gasteiger partial charge is 0.433 e. The van der Waals surface area contributed by atoms with Crippen LogP contribution in [-0.4, -0.2) is 4.92 Å². The van der Waals surface area contributed by atoms with Gasteiger partial charge < -0.3 is 4.42 Å². The molecule has 0 aliphatic rings. The number of halogens is 1. The number of nitrogens with zero attached hydrogens (tertiary/aromatic N) is 1. The summed E-state index contributed by atoms with van der Waals surface area (Å²) >= 11 is 3.34. The predicted octanol–water partition coefficient (Wildman–Crippen LogP) is 4.12. The molecule has 0 unspecified atom stereocenters. The summed E-state index contributed by atoms with van der Waals surface area (Å²) in [6, 6.07) is 10.6. The molecule has 17 heavy (non-hydrogen) atoms. The summed E-state index contributed by atoms with van der Waals surface area (Å²) in [7, 11) is 0. The molecular weight excluding hydrogens is 286 g/mol. The van der Waals surface area contributed by atoms with Crippen LogP contribution in [0.15, 0.2) is 45.3 Å². The van der Waals surface area contributed by atoms with Gasteiger partial charge in [-0.2, -0.15) is 0 Å². The lowest BCUT2D eigenvalue weighted by Crippen LogP contribution is -1.82. The number of hydrogen-bond donors (Lipinski definition) is 0. The summed E-state index contributed by atoms with van der Waals surface area (Å²) in [6.45, 7) is 0. The average molecular weight is 294 g/mol. The molecule has 0 saturated heterocycles. The third kappa shape index (κ3) is 3.04. The van der Waals surface area contributed by atoms with Gasteiger partial charge in [-0.25, -0.2) is 0 Å². The van der Waals surface area contributed by atoms with E-state index in [0.717, 1.165) is 10.0 Å². The molecule has 0 N–H and O–H groups in total. The van der Waals surface area contributed by atoms with Crippen LogP contribution < -0.4 is 0 Å². The van der Waals surface area contributed by atoms with Gasteiger partial charge in [-0.1, -0.05) is 34.1 Å². The summed E-state index contributed by atoms with van der Waals surface area (Å²) < 4.78 is 6.00. The molecule has 1 aromatic carbocycles. The van der Waals surface area contributed by atoms with Crippen molar-refractivity contribution in [3.05, 3.63) is 62.3 Å². The van der Waals surface area contributed by atoms with Gasteiger partial charge in [0.25, 0.3) is 0 Å². The summed E-state index contributed by atoms with van der Waals surface area (Å²) in [5.41, 5.74) is 0.993. The molecular formula is C12H8BrNO3. The van der Waals surface area contributed by atoms with Crippen LogP contribution >= 0.6 is 15.9 Å². The van der Waals surface area contributed by atoms with Gasteiger partial charge in [-0.3, -0.25) is 10.1 Å². The Balaban J connectivity index is 2.14. The van der Waals surface area contributed by atoms with Crippen LogP contribution in [0, 0.1) is 10.1 Å². The van der Waals surface area contributed by atoms with Crippen LogP contribution in [0.5, 0.6) is 0 Å². The molecule has 5 heteroatoms. The molecule has 0 spiro atoms. The SMILES string of the molecule is O=[N+]([O-])c1ccc(/C=C/c2ccc(Br)cc2)o1. The smallest absolute Gasteiger partial charge is 0.401 e. The number of hydrogen-bond acceptors (Lipinski definition) is 3. The third-order valence-corrected chi connectivity index (χ3v) is 2.63. The molecule has 0 radical (unpaired) electrons. The first-order chi connectivity index (χ1) is 8.15. The van der Waals surface area contributed by atoms with E-state index in [-0.39, 0.29) is 5.88 Å². The standard InChI is InChI=1S/C12H8BrNO3/c13-10-4-1-9(2-5-10)3-6-11-7-8-12(17-11)14(15)16/h1-8H/b6-3+. The van der Waals surface area contributed by atoms with Crippen molar-refractivity contribution in [1.29, 1.82) is 0 Å². The van der Waals surface area contributed by atoms with Crippen molar-refractivity contribution in [2.45, 2.75) is 0 Å². The lowest BCUT2D eigenvalue weighted by atomic mass is 10.2. The monoisotopic (exact) mass is 293 g/mol. The summed E-state index contributed by atoms with van der Waals surface area (Å²) in [5, 5.41) is 10.4. The van der Waals surface area contributed by atoms with Gasteiger partial charge in [0.15, 0.2) is 0 Å². The fourth-order valence-electron chi connectivity index (χ4n) is 1.28. The molecule has 2 rings (SSSR count). The molecule has 0 atom stereocenters. The van der Waals surface area contributed by atoms with Gasteiger partial charge >= 0.3 is 5.88 Å². The van der Waals surface area contributed by atoms with E-state index in [4.69, 9.17) is 4.42 Å². The third-order valence-electron chi connectivity index (χ3n) is 2.10. The van der Waals surface area contributed by atoms with Crippen LogP contribution in [0.3, 0.4) is 0 Å². The fourth-order valence-corrected chi connectivity index (χ4v) is 1.55. The normalized spacial score (nSPS) is 10.9. The highest BCUT2D eigenvalue weighted by atomic mass is 79.9. The van der Waals surface area contributed by atoms with Crippen LogP contribution in [-0.2, 0) is 0 Å². The number of furan rings is 1. The van der Waals surface area contributed by atoms with E-state index in [2.05, 4.69) is 15.9 Å². The lowest BCUT2D eigenvalue weighted by Gasteiger charge is -1.92. The second kappa shape index (κ2) is 4.97. The van der Waals surface area contributed by atoms with Crippen molar-refractivity contribution in [2.24, 2.45) is 0 Å². The van der Waals surface area contributed by atoms with Gasteiger partial charge in [0.05, 0.1) is 6.07 Å². The summed E-state index contributed by atoms with van der Waals surface area (Å²) in [4.78, 5) is 9.85. The Labute approximate surface area is 106 Å². The van der Waals surface area contributed by atoms with Gasteiger partial charge in [0, 0.05) is 4.47 Å². The Morgan fingerprint density at radius 2 is 1.82 bits per heavy atom. The fraction of sp³-hybridized carbons (Fsp3) is 0. The number of rotatable bonds is 3. The highest BCUT2D eigenvalue weighted by molar-refractivity contribution is 9.10. The number of benzene rings is 1. The second-order valence-corrected chi connectivity index (χ2v) is 4.23. The Morgan fingerprint density at radius 3 is 2.41 bits per heavy atom. The maximum absolute atomic E-state index is 10.4. The van der Waals surface area contributed by atoms with E-state index >= 15 is 0 Å². The topological polar surface area (TPSA) is 56.3 Å². The zero-order valence-corrected chi connectivity index (χ0v) is 10.3. The van der Waals surface area contributed by atoms with Gasteiger partial charge in [0.2, 0.25) is 0 Å². The molecule has 86 valence electrons. The highest BCUT2D eigenvalue weighted by Crippen LogP contribution is 2.18. The molecule has 0 aliphatic carbocycles. The second-order valence-electron chi connectivity index (χ2n) is 3.32. The summed E-state index contributed by atoms with van der Waals surface area (Å²) in [5.74, 6) is 0.208. The first-order valence-electron chi connectivity index (χ1n) is 4.83. The zero-order chi connectivity index (χ0) is 12.3. The Morgan fingerprint density at radius 1 is 1.12 bits per heavy atom. The molecule has 2 aromatic rings. The van der Waals surface area contributed by atoms with Crippen molar-refractivity contribution in [2.75, 3.05) is 0 Å². The van der Waals surface area contributed by atoms with E-state index in [9.17, 15) is 10.1 Å². The van der Waals surface area contributed by atoms with E-state index in [1.165, 1.54) is 6.07 Å². The van der Waals surface area contributed by atoms with Crippen LogP contribution in [0.2, 0.25) is 0 Å². The Bertz CT molecular complexity index is 557. The maximum atomic E-state index is 10.4. The van der Waals surface area contributed by atoms with Crippen molar-refractivity contribution >= 4 is 34.0 Å². The van der Waals surface area contributed by atoms with E-state index < -0.39 is 4.92 Å². The van der Waals surface area contributed by atoms with E-state index in [0.29, 0.717) is 5.76 Å². The Hall–Kier alpha value is -1.88. The molecule has 0 aliphatic heterocycles. The molecule has 0 amide bonds. The van der Waals surface area contributed by atoms with Crippen molar-refractivity contribution < 1.29 is 9.34 Å². The van der Waals surface area contributed by atoms with Gasteiger partial charge in [0.1, 0.15) is 10.7 Å². The minimum atomic E-state index is -0.559. The predicted molar refractivity (Wildman–Crippen MR) is 68.4 cm³/mol. The van der Waals surface area contributed by atoms with E-state index in [1.807, 2.05) is 30.3 Å². The zero-order valence-electron chi connectivity index (χ0n) is 8.67. The Kier molecular flexibility index (Phi) is 3.39. The quantitative estimate of drug-likeness (QED) is 0.632. The molecule has 0 fully saturated rings. The van der Waals surface area contributed by atoms with Crippen LogP contribution in [0.4, 0.5) is 5.88 Å². The summed E-state index contributed by atoms with van der Waals surface area (Å²) in [6.07, 6.45) is 3.52. The van der Waals surface area contributed by atoms with Gasteiger partial charge in [-0.15, -0.1) is 0 Å². The average Bonchev–Trinajstić information content (AvgIpc) is 2.77. The van der Waals surface area contributed by atoms with Gasteiger partial charge in [-0.05, 0) is 29.8 Å². The molecule has 0 bridgehead atoms. The molecule has 0 saturated carbocycles. The highest BCUT2D eigenvalue weighted by Gasteiger charge is 2.09. The minimum Gasteiger partial charge on any atom is -0.401 e. The van der Waals surface area contributed by atoms with Crippen molar-refractivity contribution in [3.63, 3.8) is 0 Å². The molecule has 4 nitrogen and oxygen atoms in total. The van der Waals surface area contributed by atoms with E-state index in [1.54, 1.807) is 12.1 Å². The first kappa shape index (κ1) is 11.6. The first-order valence-corrected chi connectivity index (χ1v) is 5.62. The lowest BCUT2D eigenvalue weighted by molar-refractivity contribution is -0.402. The van der Waals surface area contributed by atoms with Crippen LogP contribution in [0.25, 0.3) is 12.2 Å². The van der Waals surface area contributed by atoms with Crippen molar-refractivity contribution in [3.8, 4) is 0 Å².